The van der Waals surface area contributed by atoms with Crippen molar-refractivity contribution >= 4 is 47.2 Å². The van der Waals surface area contributed by atoms with Crippen LogP contribution in [0.5, 0.6) is 0 Å². The van der Waals surface area contributed by atoms with Gasteiger partial charge in [0.25, 0.3) is 0 Å². The predicted octanol–water partition coefficient (Wildman–Crippen LogP) is 3.11. The molecule has 2 atom stereocenters. The van der Waals surface area contributed by atoms with Crippen molar-refractivity contribution in [3.05, 3.63) is 47.0 Å². The molecular formula is C17H24Cl2N4OS. The molecule has 25 heavy (non-hydrogen) atoms. The van der Waals surface area contributed by atoms with Gasteiger partial charge in [-0.25, -0.2) is 4.98 Å². The number of carbonyl (C=O) groups is 1. The SMILES string of the molecule is Cl.Cl.Nc1nc(CCCNC(=O)[C@H]2CC[C@H](c3ccccc3)N2)cs1. The van der Waals surface area contributed by atoms with E-state index in [1.54, 1.807) is 0 Å². The average molecular weight is 403 g/mol. The van der Waals surface area contributed by atoms with Gasteiger partial charge in [0.2, 0.25) is 5.91 Å². The van der Waals surface area contributed by atoms with Gasteiger partial charge in [-0.1, -0.05) is 30.3 Å². The highest BCUT2D eigenvalue weighted by molar-refractivity contribution is 7.13. The van der Waals surface area contributed by atoms with E-state index in [1.165, 1.54) is 16.9 Å². The highest BCUT2D eigenvalue weighted by Crippen LogP contribution is 2.26. The summed E-state index contributed by atoms with van der Waals surface area (Å²) in [7, 11) is 0. The van der Waals surface area contributed by atoms with Gasteiger partial charge >= 0.3 is 0 Å². The first-order valence-electron chi connectivity index (χ1n) is 8.01. The maximum Gasteiger partial charge on any atom is 0.237 e. The number of carbonyl (C=O) groups excluding carboxylic acids is 1. The molecule has 1 aromatic heterocycles. The van der Waals surface area contributed by atoms with E-state index in [-0.39, 0.29) is 42.8 Å². The molecule has 138 valence electrons. The quantitative estimate of drug-likeness (QED) is 0.648. The number of nitrogens with one attached hydrogen (secondary N) is 2. The first-order valence-corrected chi connectivity index (χ1v) is 8.89. The van der Waals surface area contributed by atoms with Gasteiger partial charge < -0.3 is 11.1 Å². The van der Waals surface area contributed by atoms with Crippen LogP contribution in [0.2, 0.25) is 0 Å². The molecule has 1 aromatic carbocycles. The molecule has 1 saturated heterocycles. The number of hydrogen-bond donors (Lipinski definition) is 3. The van der Waals surface area contributed by atoms with Crippen LogP contribution in [0.15, 0.2) is 35.7 Å². The van der Waals surface area contributed by atoms with Crippen LogP contribution in [-0.2, 0) is 11.2 Å². The van der Waals surface area contributed by atoms with E-state index >= 15 is 0 Å². The molecule has 2 heterocycles. The topological polar surface area (TPSA) is 80.0 Å². The number of aromatic nitrogens is 1. The van der Waals surface area contributed by atoms with Crippen LogP contribution in [0.1, 0.15) is 36.6 Å². The Bertz CT molecular complexity index is 653. The van der Waals surface area contributed by atoms with Crippen LogP contribution in [0, 0.1) is 0 Å². The van der Waals surface area contributed by atoms with E-state index < -0.39 is 0 Å². The average Bonchev–Trinajstić information content (AvgIpc) is 3.21. The van der Waals surface area contributed by atoms with Crippen molar-refractivity contribution in [3.8, 4) is 0 Å². The summed E-state index contributed by atoms with van der Waals surface area (Å²) in [5.41, 5.74) is 7.86. The summed E-state index contributed by atoms with van der Waals surface area (Å²) in [5, 5.41) is 9.02. The van der Waals surface area contributed by atoms with Crippen LogP contribution in [0.25, 0.3) is 0 Å². The van der Waals surface area contributed by atoms with Gasteiger partial charge in [0, 0.05) is 18.0 Å². The van der Waals surface area contributed by atoms with Crippen molar-refractivity contribution in [2.24, 2.45) is 0 Å². The van der Waals surface area contributed by atoms with Crippen molar-refractivity contribution in [3.63, 3.8) is 0 Å². The lowest BCUT2D eigenvalue weighted by Gasteiger charge is -2.14. The number of nitrogen functional groups attached to an aromatic ring is 1. The molecule has 0 spiro atoms. The Kier molecular flexibility index (Phi) is 9.21. The van der Waals surface area contributed by atoms with Gasteiger partial charge in [0.05, 0.1) is 11.7 Å². The van der Waals surface area contributed by atoms with Gasteiger partial charge in [-0.2, -0.15) is 0 Å². The molecule has 0 saturated carbocycles. The second-order valence-electron chi connectivity index (χ2n) is 5.83. The lowest BCUT2D eigenvalue weighted by molar-refractivity contribution is -0.122. The summed E-state index contributed by atoms with van der Waals surface area (Å²) in [6.07, 6.45) is 3.61. The number of hydrogen-bond acceptors (Lipinski definition) is 5. The number of nitrogens with zero attached hydrogens (tertiary/aromatic N) is 1. The van der Waals surface area contributed by atoms with Gasteiger partial charge in [-0.15, -0.1) is 36.2 Å². The largest absolute Gasteiger partial charge is 0.375 e. The van der Waals surface area contributed by atoms with Gasteiger partial charge in [-0.05, 0) is 31.2 Å². The Morgan fingerprint density at radius 3 is 2.72 bits per heavy atom. The van der Waals surface area contributed by atoms with Crippen LogP contribution >= 0.6 is 36.2 Å². The molecule has 0 bridgehead atoms. The second kappa shape index (κ2) is 10.6. The number of nitrogens with two attached hydrogens (primary N) is 1. The fourth-order valence-corrected chi connectivity index (χ4v) is 3.54. The van der Waals surface area contributed by atoms with E-state index in [0.29, 0.717) is 11.7 Å². The lowest BCUT2D eigenvalue weighted by atomic mass is 10.1. The zero-order valence-corrected chi connectivity index (χ0v) is 16.3. The number of anilines is 1. The number of aryl methyl sites for hydroxylation is 1. The van der Waals surface area contributed by atoms with E-state index in [0.717, 1.165) is 31.4 Å². The third-order valence-electron chi connectivity index (χ3n) is 4.14. The maximum atomic E-state index is 12.2. The van der Waals surface area contributed by atoms with E-state index in [1.807, 2.05) is 23.6 Å². The minimum Gasteiger partial charge on any atom is -0.375 e. The monoisotopic (exact) mass is 402 g/mol. The summed E-state index contributed by atoms with van der Waals surface area (Å²) >= 11 is 1.46. The fourth-order valence-electron chi connectivity index (χ4n) is 2.94. The second-order valence-corrected chi connectivity index (χ2v) is 6.72. The smallest absolute Gasteiger partial charge is 0.237 e. The third-order valence-corrected chi connectivity index (χ3v) is 4.87. The zero-order valence-electron chi connectivity index (χ0n) is 13.8. The Morgan fingerprint density at radius 1 is 1.28 bits per heavy atom. The Balaban J connectivity index is 0.00000156. The van der Waals surface area contributed by atoms with Gasteiger partial charge in [-0.3, -0.25) is 10.1 Å². The molecule has 1 fully saturated rings. The zero-order chi connectivity index (χ0) is 16.1. The Labute approximate surface area is 164 Å². The van der Waals surface area contributed by atoms with E-state index in [9.17, 15) is 4.79 Å². The van der Waals surface area contributed by atoms with Crippen molar-refractivity contribution in [1.82, 2.24) is 15.6 Å². The third kappa shape index (κ3) is 6.15. The van der Waals surface area contributed by atoms with E-state index in [4.69, 9.17) is 5.73 Å². The molecule has 3 rings (SSSR count). The van der Waals surface area contributed by atoms with Crippen LogP contribution in [0.4, 0.5) is 5.13 Å². The number of thiazole rings is 1. The molecule has 1 aliphatic rings. The highest BCUT2D eigenvalue weighted by Gasteiger charge is 2.29. The summed E-state index contributed by atoms with van der Waals surface area (Å²) < 4.78 is 0. The summed E-state index contributed by atoms with van der Waals surface area (Å²) in [6, 6.07) is 10.5. The van der Waals surface area contributed by atoms with Crippen molar-refractivity contribution in [2.45, 2.75) is 37.8 Å². The number of rotatable bonds is 6. The molecule has 4 N–H and O–H groups in total. The van der Waals surface area contributed by atoms with Crippen LogP contribution < -0.4 is 16.4 Å². The van der Waals surface area contributed by atoms with Crippen LogP contribution in [0.3, 0.4) is 0 Å². The van der Waals surface area contributed by atoms with E-state index in [2.05, 4.69) is 27.8 Å². The summed E-state index contributed by atoms with van der Waals surface area (Å²) in [5.74, 6) is 0.0984. The molecule has 0 unspecified atom stereocenters. The van der Waals surface area contributed by atoms with Crippen LogP contribution in [-0.4, -0.2) is 23.5 Å². The minimum atomic E-state index is -0.0878. The standard InChI is InChI=1S/C17H22N4OS.2ClH/c18-17-20-13(11-23-17)7-4-10-19-16(22)15-9-8-14(21-15)12-5-2-1-3-6-12;;/h1-3,5-6,11,14-15,21H,4,7-10H2,(H2,18,20)(H,19,22);2*1H/t14-,15-;;/m1../s1. The molecule has 0 radical (unpaired) electrons. The molecule has 8 heteroatoms. The highest BCUT2D eigenvalue weighted by atomic mass is 35.5. The molecule has 0 aliphatic carbocycles. The first kappa shape index (κ1) is 21.7. The van der Waals surface area contributed by atoms with Crippen molar-refractivity contribution in [2.75, 3.05) is 12.3 Å². The molecule has 1 amide bonds. The maximum absolute atomic E-state index is 12.2. The molecular weight excluding hydrogens is 379 g/mol. The predicted molar refractivity (Wildman–Crippen MR) is 108 cm³/mol. The van der Waals surface area contributed by atoms with Gasteiger partial charge in [0.1, 0.15) is 0 Å². The van der Waals surface area contributed by atoms with Gasteiger partial charge in [0.15, 0.2) is 5.13 Å². The fraction of sp³-hybridized carbons (Fsp3) is 0.412. The van der Waals surface area contributed by atoms with Crippen molar-refractivity contribution in [1.29, 1.82) is 0 Å². The number of benzene rings is 1. The Hall–Kier alpha value is -1.34. The van der Waals surface area contributed by atoms with Crippen molar-refractivity contribution < 1.29 is 4.79 Å². The Morgan fingerprint density at radius 2 is 2.04 bits per heavy atom. The normalized spacial score (nSPS) is 18.9. The number of halogens is 2. The summed E-state index contributed by atoms with van der Waals surface area (Å²) in [6.45, 7) is 0.671. The minimum absolute atomic E-state index is 0. The molecule has 1 aliphatic heterocycles. The molecule has 5 nitrogen and oxygen atoms in total. The number of amides is 1. The molecule has 2 aromatic rings. The first-order chi connectivity index (χ1) is 11.2. The lowest BCUT2D eigenvalue weighted by Crippen LogP contribution is -2.41. The summed E-state index contributed by atoms with van der Waals surface area (Å²) in [4.78, 5) is 16.5.